The molecule has 1 unspecified atom stereocenters. The molecule has 12 heteroatoms. The van der Waals surface area contributed by atoms with Crippen LogP contribution in [-0.2, 0) is 20.6 Å². The Labute approximate surface area is 210 Å². The van der Waals surface area contributed by atoms with Crippen molar-refractivity contribution in [1.29, 1.82) is 0 Å². The van der Waals surface area contributed by atoms with Crippen molar-refractivity contribution in [3.8, 4) is 11.5 Å². The zero-order chi connectivity index (χ0) is 25.8. The molecule has 0 saturated heterocycles. The molecule has 4 rings (SSSR count). The lowest BCUT2D eigenvalue weighted by Crippen LogP contribution is -2.38. The summed E-state index contributed by atoms with van der Waals surface area (Å²) in [5, 5.41) is 15.4. The highest BCUT2D eigenvalue weighted by Crippen LogP contribution is 2.19. The first-order valence-electron chi connectivity index (χ1n) is 10.9. The molecule has 1 atom stereocenters. The molecule has 0 aliphatic rings. The molecule has 0 aliphatic heterocycles. The van der Waals surface area contributed by atoms with Gasteiger partial charge in [0, 0.05) is 24.7 Å². The Bertz CT molecular complexity index is 1520. The summed E-state index contributed by atoms with van der Waals surface area (Å²) >= 11 is 6.17. The van der Waals surface area contributed by atoms with Crippen molar-refractivity contribution in [2.24, 2.45) is 19.2 Å². The molecule has 2 aromatic heterocycles. The zero-order valence-corrected chi connectivity index (χ0v) is 20.6. The van der Waals surface area contributed by atoms with Gasteiger partial charge in [0.1, 0.15) is 24.2 Å². The highest BCUT2D eigenvalue weighted by atomic mass is 35.5. The van der Waals surface area contributed by atoms with Gasteiger partial charge in [-0.2, -0.15) is 10.1 Å². The van der Waals surface area contributed by atoms with E-state index in [1.807, 2.05) is 6.07 Å². The van der Waals surface area contributed by atoms with Crippen LogP contribution in [0, 0.1) is 0 Å². The van der Waals surface area contributed by atoms with Gasteiger partial charge in [0.15, 0.2) is 11.2 Å². The second-order valence-electron chi connectivity index (χ2n) is 7.96. The number of rotatable bonds is 9. The molecular weight excluding hydrogens is 488 g/mol. The molecule has 0 aliphatic carbocycles. The van der Waals surface area contributed by atoms with Gasteiger partial charge in [0.25, 0.3) is 5.56 Å². The minimum Gasteiger partial charge on any atom is -0.497 e. The highest BCUT2D eigenvalue weighted by molar-refractivity contribution is 6.33. The SMILES string of the molecule is COc1ccc(OCC(O)Cn2c(NN=Cc3ccccc3Cl)nc3c2c(=O)n(C)c(=O)n3C)cc1. The van der Waals surface area contributed by atoms with Crippen molar-refractivity contribution in [2.45, 2.75) is 12.6 Å². The van der Waals surface area contributed by atoms with Crippen molar-refractivity contribution >= 4 is 34.9 Å². The first-order valence-corrected chi connectivity index (χ1v) is 11.3. The summed E-state index contributed by atoms with van der Waals surface area (Å²) in [5.41, 5.74) is 2.69. The van der Waals surface area contributed by atoms with Gasteiger partial charge in [0.05, 0.1) is 19.9 Å². The number of benzene rings is 2. The largest absolute Gasteiger partial charge is 0.497 e. The number of nitrogens with zero attached hydrogens (tertiary/aromatic N) is 5. The number of nitrogens with one attached hydrogen (secondary N) is 1. The van der Waals surface area contributed by atoms with E-state index in [4.69, 9.17) is 21.1 Å². The van der Waals surface area contributed by atoms with E-state index in [0.29, 0.717) is 22.1 Å². The van der Waals surface area contributed by atoms with Crippen LogP contribution >= 0.6 is 11.6 Å². The number of aryl methyl sites for hydroxylation is 1. The summed E-state index contributed by atoms with van der Waals surface area (Å²) < 4.78 is 14.5. The number of methoxy groups -OCH3 is 1. The molecule has 0 saturated carbocycles. The van der Waals surface area contributed by atoms with Gasteiger partial charge >= 0.3 is 5.69 Å². The maximum atomic E-state index is 13.0. The molecule has 0 spiro atoms. The topological polar surface area (TPSA) is 125 Å². The van der Waals surface area contributed by atoms with Crippen LogP contribution in [0.1, 0.15) is 5.56 Å². The Kier molecular flexibility index (Phi) is 7.41. The molecule has 0 fully saturated rings. The van der Waals surface area contributed by atoms with Crippen LogP contribution in [0.15, 0.2) is 63.2 Å². The van der Waals surface area contributed by atoms with E-state index in [1.165, 1.54) is 29.4 Å². The Hall–Kier alpha value is -4.09. The quantitative estimate of drug-likeness (QED) is 0.259. The Morgan fingerprint density at radius 2 is 1.81 bits per heavy atom. The van der Waals surface area contributed by atoms with E-state index in [9.17, 15) is 14.7 Å². The first kappa shape index (κ1) is 25.0. The molecule has 2 aromatic carbocycles. The maximum absolute atomic E-state index is 13.0. The second kappa shape index (κ2) is 10.7. The van der Waals surface area contributed by atoms with Gasteiger partial charge in [-0.1, -0.05) is 29.8 Å². The van der Waals surface area contributed by atoms with Crippen LogP contribution in [0.5, 0.6) is 11.5 Å². The molecule has 0 radical (unpaired) electrons. The molecule has 4 aromatic rings. The van der Waals surface area contributed by atoms with E-state index >= 15 is 0 Å². The fourth-order valence-electron chi connectivity index (χ4n) is 3.58. The number of aliphatic hydroxyl groups excluding tert-OH is 1. The normalized spacial score (nSPS) is 12.2. The van der Waals surface area contributed by atoms with E-state index in [0.717, 1.165) is 4.57 Å². The van der Waals surface area contributed by atoms with Gasteiger partial charge < -0.3 is 19.1 Å². The monoisotopic (exact) mass is 512 g/mol. The summed E-state index contributed by atoms with van der Waals surface area (Å²) in [6.45, 7) is -0.107. The second-order valence-corrected chi connectivity index (χ2v) is 8.36. The number of hydrogen-bond acceptors (Lipinski definition) is 8. The molecule has 0 bridgehead atoms. The number of anilines is 1. The van der Waals surface area contributed by atoms with Crippen LogP contribution in [0.2, 0.25) is 5.02 Å². The Morgan fingerprint density at radius 1 is 1.11 bits per heavy atom. The summed E-state index contributed by atoms with van der Waals surface area (Å²) in [6, 6.07) is 14.1. The minimum atomic E-state index is -1.01. The van der Waals surface area contributed by atoms with Crippen molar-refractivity contribution in [3.63, 3.8) is 0 Å². The smallest absolute Gasteiger partial charge is 0.332 e. The summed E-state index contributed by atoms with van der Waals surface area (Å²) in [4.78, 5) is 29.8. The van der Waals surface area contributed by atoms with Crippen molar-refractivity contribution in [1.82, 2.24) is 18.7 Å². The van der Waals surface area contributed by atoms with Gasteiger partial charge in [-0.05, 0) is 30.3 Å². The molecule has 2 heterocycles. The average molecular weight is 513 g/mol. The van der Waals surface area contributed by atoms with Crippen LogP contribution in [0.4, 0.5) is 5.95 Å². The Balaban J connectivity index is 1.64. The minimum absolute atomic E-state index is 0.0515. The fourth-order valence-corrected chi connectivity index (χ4v) is 3.76. The average Bonchev–Trinajstić information content (AvgIpc) is 3.24. The summed E-state index contributed by atoms with van der Waals surface area (Å²) in [5.74, 6) is 1.39. The molecule has 2 N–H and O–H groups in total. The fraction of sp³-hybridized carbons (Fsp3) is 0.250. The lowest BCUT2D eigenvalue weighted by Gasteiger charge is -2.15. The number of hydrogen-bond donors (Lipinski definition) is 2. The van der Waals surface area contributed by atoms with Gasteiger partial charge in [-0.15, -0.1) is 0 Å². The predicted octanol–water partition coefficient (Wildman–Crippen LogP) is 1.98. The predicted molar refractivity (Wildman–Crippen MR) is 137 cm³/mol. The number of fused-ring (bicyclic) bond motifs is 1. The molecule has 36 heavy (non-hydrogen) atoms. The molecule has 188 valence electrons. The number of ether oxygens (including phenoxy) is 2. The van der Waals surface area contributed by atoms with Crippen LogP contribution in [0.25, 0.3) is 11.2 Å². The molecular formula is C24H25ClN6O5. The van der Waals surface area contributed by atoms with Crippen molar-refractivity contribution < 1.29 is 14.6 Å². The van der Waals surface area contributed by atoms with Crippen molar-refractivity contribution in [2.75, 3.05) is 19.1 Å². The van der Waals surface area contributed by atoms with Crippen LogP contribution in [0.3, 0.4) is 0 Å². The third kappa shape index (κ3) is 5.11. The van der Waals surface area contributed by atoms with E-state index in [-0.39, 0.29) is 30.3 Å². The number of aromatic nitrogens is 4. The molecule has 11 nitrogen and oxygen atoms in total. The summed E-state index contributed by atoms with van der Waals surface area (Å²) in [6.07, 6.45) is 0.492. The number of aliphatic hydroxyl groups is 1. The van der Waals surface area contributed by atoms with Crippen LogP contribution in [-0.4, -0.2) is 49.8 Å². The third-order valence-corrected chi connectivity index (χ3v) is 5.86. The maximum Gasteiger partial charge on any atom is 0.332 e. The number of imidazole rings is 1. The van der Waals surface area contributed by atoms with Gasteiger partial charge in [0.2, 0.25) is 5.95 Å². The molecule has 0 amide bonds. The Morgan fingerprint density at radius 3 is 2.50 bits per heavy atom. The lowest BCUT2D eigenvalue weighted by molar-refractivity contribution is 0.0938. The van der Waals surface area contributed by atoms with Crippen LogP contribution < -0.4 is 26.1 Å². The standard InChI is InChI=1S/C24H25ClN6O5/c1-29-21-20(22(33)30(2)24(29)34)31(13-16(32)14-36-18-10-8-17(35-3)9-11-18)23(27-21)28-26-12-15-6-4-5-7-19(15)25/h4-12,16,32H,13-14H2,1-3H3,(H,27,28). The lowest BCUT2D eigenvalue weighted by atomic mass is 10.2. The third-order valence-electron chi connectivity index (χ3n) is 5.52. The van der Waals surface area contributed by atoms with E-state index < -0.39 is 17.4 Å². The van der Waals surface area contributed by atoms with Crippen molar-refractivity contribution in [3.05, 3.63) is 80.0 Å². The number of halogens is 1. The zero-order valence-electron chi connectivity index (χ0n) is 19.9. The van der Waals surface area contributed by atoms with E-state index in [2.05, 4.69) is 15.5 Å². The highest BCUT2D eigenvalue weighted by Gasteiger charge is 2.21. The first-order chi connectivity index (χ1) is 17.3. The summed E-state index contributed by atoms with van der Waals surface area (Å²) in [7, 11) is 4.47. The van der Waals surface area contributed by atoms with Gasteiger partial charge in [-0.25, -0.2) is 10.2 Å². The van der Waals surface area contributed by atoms with E-state index in [1.54, 1.807) is 49.6 Å². The van der Waals surface area contributed by atoms with Gasteiger partial charge in [-0.3, -0.25) is 13.9 Å². The number of hydrazone groups is 1.